The summed E-state index contributed by atoms with van der Waals surface area (Å²) in [5.74, 6) is 1.60. The highest BCUT2D eigenvalue weighted by Crippen LogP contribution is 2.30. The largest absolute Gasteiger partial charge is 0.312 e. The summed E-state index contributed by atoms with van der Waals surface area (Å²) in [5, 5.41) is 3.41. The Kier molecular flexibility index (Phi) is 5.83. The zero-order valence-electron chi connectivity index (χ0n) is 11.6. The first-order valence-electron chi connectivity index (χ1n) is 7.33. The summed E-state index contributed by atoms with van der Waals surface area (Å²) in [6.45, 7) is 3.94. The average Bonchev–Trinajstić information content (AvgIpc) is 2.42. The highest BCUT2D eigenvalue weighted by Gasteiger charge is 2.19. The van der Waals surface area contributed by atoms with Crippen LogP contribution in [0.2, 0.25) is 0 Å². The normalized spacial score (nSPS) is 23.5. The molecular formula is C16H23BrFN. The lowest BCUT2D eigenvalue weighted by Gasteiger charge is -2.27. The monoisotopic (exact) mass is 327 g/mol. The number of hydrogen-bond acceptors (Lipinski definition) is 1. The van der Waals surface area contributed by atoms with Crippen LogP contribution in [0, 0.1) is 17.7 Å². The van der Waals surface area contributed by atoms with Gasteiger partial charge in [0.2, 0.25) is 0 Å². The molecular weight excluding hydrogens is 305 g/mol. The number of rotatable bonds is 5. The maximum Gasteiger partial charge on any atom is 0.128 e. The fraction of sp³-hybridized carbons (Fsp3) is 0.625. The molecule has 19 heavy (non-hydrogen) atoms. The van der Waals surface area contributed by atoms with E-state index in [2.05, 4.69) is 28.2 Å². The zero-order valence-corrected chi connectivity index (χ0v) is 13.2. The highest BCUT2D eigenvalue weighted by atomic mass is 79.9. The van der Waals surface area contributed by atoms with Gasteiger partial charge in [0.15, 0.2) is 0 Å². The van der Waals surface area contributed by atoms with Crippen molar-refractivity contribution in [3.8, 4) is 0 Å². The Bertz CT molecular complexity index is 400. The number of halogens is 2. The summed E-state index contributed by atoms with van der Waals surface area (Å²) in [7, 11) is 0. The highest BCUT2D eigenvalue weighted by molar-refractivity contribution is 9.10. The molecule has 0 unspecified atom stereocenters. The minimum atomic E-state index is -0.128. The van der Waals surface area contributed by atoms with Crippen molar-refractivity contribution in [2.45, 2.75) is 45.6 Å². The number of benzene rings is 1. The van der Waals surface area contributed by atoms with Crippen LogP contribution in [0.3, 0.4) is 0 Å². The van der Waals surface area contributed by atoms with E-state index in [0.29, 0.717) is 6.54 Å². The first kappa shape index (κ1) is 15.0. The van der Waals surface area contributed by atoms with Crippen LogP contribution in [0.4, 0.5) is 4.39 Å². The van der Waals surface area contributed by atoms with E-state index in [-0.39, 0.29) is 5.82 Å². The standard InChI is InChI=1S/C16H23BrFN/c1-2-12-3-5-13(6-4-12)10-19-11-14-7-8-15(17)9-16(14)18/h7-9,12-13,19H,2-6,10-11H2,1H3. The van der Waals surface area contributed by atoms with Gasteiger partial charge >= 0.3 is 0 Å². The van der Waals surface area contributed by atoms with E-state index in [4.69, 9.17) is 0 Å². The predicted octanol–water partition coefficient (Wildman–Crippen LogP) is 4.89. The minimum absolute atomic E-state index is 0.128. The van der Waals surface area contributed by atoms with Crippen molar-refractivity contribution in [3.05, 3.63) is 34.1 Å². The fourth-order valence-corrected chi connectivity index (χ4v) is 3.25. The van der Waals surface area contributed by atoms with Crippen molar-refractivity contribution < 1.29 is 4.39 Å². The van der Waals surface area contributed by atoms with Crippen molar-refractivity contribution in [1.29, 1.82) is 0 Å². The van der Waals surface area contributed by atoms with Crippen LogP contribution >= 0.6 is 15.9 Å². The lowest BCUT2D eigenvalue weighted by Crippen LogP contribution is -2.26. The molecule has 106 valence electrons. The van der Waals surface area contributed by atoms with E-state index in [0.717, 1.165) is 28.4 Å². The van der Waals surface area contributed by atoms with Crippen molar-refractivity contribution in [2.75, 3.05) is 6.54 Å². The second-order valence-electron chi connectivity index (χ2n) is 5.66. The second-order valence-corrected chi connectivity index (χ2v) is 6.58. The van der Waals surface area contributed by atoms with Crippen LogP contribution in [0.25, 0.3) is 0 Å². The molecule has 0 bridgehead atoms. The molecule has 1 N–H and O–H groups in total. The molecule has 1 aliphatic rings. The Morgan fingerprint density at radius 2 is 1.89 bits per heavy atom. The number of nitrogens with one attached hydrogen (secondary N) is 1. The summed E-state index contributed by atoms with van der Waals surface area (Å²) >= 11 is 3.28. The Labute approximate surface area is 124 Å². The van der Waals surface area contributed by atoms with Gasteiger partial charge in [-0.25, -0.2) is 4.39 Å². The van der Waals surface area contributed by atoms with E-state index in [1.807, 2.05) is 12.1 Å². The van der Waals surface area contributed by atoms with Gasteiger partial charge in [-0.05, 0) is 43.4 Å². The molecule has 0 aliphatic heterocycles. The van der Waals surface area contributed by atoms with Crippen molar-refractivity contribution in [3.63, 3.8) is 0 Å². The van der Waals surface area contributed by atoms with Gasteiger partial charge < -0.3 is 5.32 Å². The van der Waals surface area contributed by atoms with Gasteiger partial charge in [-0.2, -0.15) is 0 Å². The maximum atomic E-state index is 13.6. The molecule has 3 heteroatoms. The Balaban J connectivity index is 1.72. The molecule has 1 fully saturated rings. The van der Waals surface area contributed by atoms with Crippen LogP contribution in [0.1, 0.15) is 44.6 Å². The predicted molar refractivity (Wildman–Crippen MR) is 81.5 cm³/mol. The molecule has 1 saturated carbocycles. The topological polar surface area (TPSA) is 12.0 Å². The van der Waals surface area contributed by atoms with Crippen LogP contribution in [-0.4, -0.2) is 6.54 Å². The van der Waals surface area contributed by atoms with E-state index in [9.17, 15) is 4.39 Å². The Hall–Kier alpha value is -0.410. The molecule has 0 spiro atoms. The minimum Gasteiger partial charge on any atom is -0.312 e. The van der Waals surface area contributed by atoms with Crippen LogP contribution in [0.5, 0.6) is 0 Å². The van der Waals surface area contributed by atoms with Crippen LogP contribution < -0.4 is 5.32 Å². The third-order valence-corrected chi connectivity index (χ3v) is 4.80. The molecule has 1 nitrogen and oxygen atoms in total. The molecule has 0 heterocycles. The van der Waals surface area contributed by atoms with Crippen molar-refractivity contribution >= 4 is 15.9 Å². The smallest absolute Gasteiger partial charge is 0.128 e. The summed E-state index contributed by atoms with van der Waals surface area (Å²) in [4.78, 5) is 0. The third-order valence-electron chi connectivity index (χ3n) is 4.31. The molecule has 1 aromatic carbocycles. The van der Waals surface area contributed by atoms with Crippen molar-refractivity contribution in [1.82, 2.24) is 5.32 Å². The first-order chi connectivity index (χ1) is 9.19. The third kappa shape index (κ3) is 4.57. The van der Waals surface area contributed by atoms with Gasteiger partial charge in [0.25, 0.3) is 0 Å². The quantitative estimate of drug-likeness (QED) is 0.811. The Morgan fingerprint density at radius 3 is 2.53 bits per heavy atom. The Morgan fingerprint density at radius 1 is 1.21 bits per heavy atom. The molecule has 1 aliphatic carbocycles. The molecule has 0 amide bonds. The summed E-state index contributed by atoms with van der Waals surface area (Å²) < 4.78 is 14.4. The van der Waals surface area contributed by atoms with E-state index >= 15 is 0 Å². The summed E-state index contributed by atoms with van der Waals surface area (Å²) in [6, 6.07) is 5.27. The van der Waals surface area contributed by atoms with Gasteiger partial charge in [0.05, 0.1) is 0 Å². The van der Waals surface area contributed by atoms with Crippen molar-refractivity contribution in [2.24, 2.45) is 11.8 Å². The first-order valence-corrected chi connectivity index (χ1v) is 8.13. The van der Waals surface area contributed by atoms with Crippen LogP contribution in [0.15, 0.2) is 22.7 Å². The molecule has 1 aromatic rings. The lowest BCUT2D eigenvalue weighted by atomic mass is 9.81. The van der Waals surface area contributed by atoms with Crippen LogP contribution in [-0.2, 0) is 6.54 Å². The van der Waals surface area contributed by atoms with E-state index < -0.39 is 0 Å². The molecule has 0 aromatic heterocycles. The van der Waals surface area contributed by atoms with Gasteiger partial charge in [0, 0.05) is 16.6 Å². The van der Waals surface area contributed by atoms with E-state index in [1.165, 1.54) is 38.2 Å². The van der Waals surface area contributed by atoms with Gasteiger partial charge in [-0.1, -0.05) is 48.2 Å². The molecule has 0 radical (unpaired) electrons. The summed E-state index contributed by atoms with van der Waals surface area (Å²) in [6.07, 6.45) is 6.72. The fourth-order valence-electron chi connectivity index (χ4n) is 2.92. The SMILES string of the molecule is CCC1CCC(CNCc2ccc(Br)cc2F)CC1. The zero-order chi connectivity index (χ0) is 13.7. The lowest BCUT2D eigenvalue weighted by molar-refractivity contribution is 0.262. The summed E-state index contributed by atoms with van der Waals surface area (Å²) in [5.41, 5.74) is 0.755. The number of hydrogen-bond donors (Lipinski definition) is 1. The average molecular weight is 328 g/mol. The molecule has 0 saturated heterocycles. The van der Waals surface area contributed by atoms with E-state index in [1.54, 1.807) is 0 Å². The molecule has 0 atom stereocenters. The second kappa shape index (κ2) is 7.39. The van der Waals surface area contributed by atoms with Gasteiger partial charge in [0.1, 0.15) is 5.82 Å². The molecule has 2 rings (SSSR count). The van der Waals surface area contributed by atoms with Gasteiger partial charge in [-0.15, -0.1) is 0 Å². The maximum absolute atomic E-state index is 13.6. The van der Waals surface area contributed by atoms with Gasteiger partial charge in [-0.3, -0.25) is 0 Å².